The maximum Gasteiger partial charge on any atom is 0.122 e. The highest BCUT2D eigenvalue weighted by atomic mass is 16.5. The molecule has 0 saturated carbocycles. The van der Waals surface area contributed by atoms with E-state index in [9.17, 15) is 0 Å². The molecule has 1 aliphatic heterocycles. The third-order valence-electron chi connectivity index (χ3n) is 6.01. The van der Waals surface area contributed by atoms with E-state index in [1.165, 1.54) is 11.4 Å². The zero-order chi connectivity index (χ0) is 21.9. The molecule has 4 aromatic rings. The SMILES string of the molecule is Cc1cc(N2CCC(c3ccccn3)C2)c2ccc(OCc3ccc(C#N)cc3)cc2n1. The quantitative estimate of drug-likeness (QED) is 0.434. The van der Waals surface area contributed by atoms with Crippen molar-refractivity contribution in [3.05, 3.63) is 95.4 Å². The second-order valence-electron chi connectivity index (χ2n) is 8.25. The van der Waals surface area contributed by atoms with Crippen molar-refractivity contribution in [1.82, 2.24) is 9.97 Å². The molecule has 1 fully saturated rings. The average molecular weight is 421 g/mol. The van der Waals surface area contributed by atoms with Crippen molar-refractivity contribution in [3.63, 3.8) is 0 Å². The third-order valence-corrected chi connectivity index (χ3v) is 6.01. The molecule has 2 aromatic heterocycles. The molecule has 1 unspecified atom stereocenters. The highest BCUT2D eigenvalue weighted by Crippen LogP contribution is 2.35. The number of nitriles is 1. The summed E-state index contributed by atoms with van der Waals surface area (Å²) >= 11 is 0. The van der Waals surface area contributed by atoms with Crippen LogP contribution in [0.25, 0.3) is 10.9 Å². The fourth-order valence-electron chi connectivity index (χ4n) is 4.35. The van der Waals surface area contributed by atoms with Crippen LogP contribution in [0.1, 0.15) is 34.9 Å². The molecule has 0 aliphatic carbocycles. The summed E-state index contributed by atoms with van der Waals surface area (Å²) in [6.07, 6.45) is 2.98. The Kier molecular flexibility index (Phi) is 5.43. The number of pyridine rings is 2. The lowest BCUT2D eigenvalue weighted by Crippen LogP contribution is -2.20. The molecule has 3 heterocycles. The minimum absolute atomic E-state index is 0.452. The van der Waals surface area contributed by atoms with Crippen LogP contribution in [0.15, 0.2) is 72.9 Å². The van der Waals surface area contributed by atoms with E-state index < -0.39 is 0 Å². The predicted molar refractivity (Wildman–Crippen MR) is 126 cm³/mol. The molecule has 5 heteroatoms. The maximum atomic E-state index is 8.94. The van der Waals surface area contributed by atoms with Crippen LogP contribution in [0.4, 0.5) is 5.69 Å². The van der Waals surface area contributed by atoms with Crippen LogP contribution < -0.4 is 9.64 Å². The molecule has 1 atom stereocenters. The zero-order valence-electron chi connectivity index (χ0n) is 18.0. The first-order valence-corrected chi connectivity index (χ1v) is 10.9. The Hall–Kier alpha value is -3.91. The van der Waals surface area contributed by atoms with Crippen molar-refractivity contribution in [1.29, 1.82) is 5.26 Å². The summed E-state index contributed by atoms with van der Waals surface area (Å²) < 4.78 is 6.01. The molecule has 0 radical (unpaired) electrons. The van der Waals surface area contributed by atoms with Crippen molar-refractivity contribution < 1.29 is 4.74 Å². The third kappa shape index (κ3) is 4.13. The van der Waals surface area contributed by atoms with Gasteiger partial charge in [0.2, 0.25) is 0 Å². The van der Waals surface area contributed by atoms with Gasteiger partial charge in [0.15, 0.2) is 0 Å². The lowest BCUT2D eigenvalue weighted by Gasteiger charge is -2.21. The molecule has 0 bridgehead atoms. The van der Waals surface area contributed by atoms with Crippen LogP contribution in [0, 0.1) is 18.3 Å². The van der Waals surface area contributed by atoms with E-state index >= 15 is 0 Å². The summed E-state index contributed by atoms with van der Waals surface area (Å²) in [5.41, 5.74) is 6.02. The Morgan fingerprint density at radius 2 is 1.97 bits per heavy atom. The molecule has 5 rings (SSSR count). The number of hydrogen-bond donors (Lipinski definition) is 0. The number of anilines is 1. The molecular formula is C27H24N4O. The Labute approximate surface area is 187 Å². The summed E-state index contributed by atoms with van der Waals surface area (Å²) in [7, 11) is 0. The molecular weight excluding hydrogens is 396 g/mol. The van der Waals surface area contributed by atoms with Crippen molar-refractivity contribution in [2.45, 2.75) is 25.9 Å². The number of hydrogen-bond acceptors (Lipinski definition) is 5. The van der Waals surface area contributed by atoms with Gasteiger partial charge in [0.1, 0.15) is 12.4 Å². The summed E-state index contributed by atoms with van der Waals surface area (Å²) in [5.74, 6) is 1.24. The van der Waals surface area contributed by atoms with E-state index in [0.717, 1.165) is 47.4 Å². The second-order valence-corrected chi connectivity index (χ2v) is 8.25. The smallest absolute Gasteiger partial charge is 0.122 e. The van der Waals surface area contributed by atoms with Gasteiger partial charge in [-0.1, -0.05) is 18.2 Å². The Bertz CT molecular complexity index is 1280. The molecule has 2 aromatic carbocycles. The van der Waals surface area contributed by atoms with Gasteiger partial charge in [-0.2, -0.15) is 5.26 Å². The fourth-order valence-corrected chi connectivity index (χ4v) is 4.35. The number of aryl methyl sites for hydroxylation is 1. The number of benzene rings is 2. The van der Waals surface area contributed by atoms with Crippen molar-refractivity contribution in [3.8, 4) is 11.8 Å². The fraction of sp³-hybridized carbons (Fsp3) is 0.222. The van der Waals surface area contributed by atoms with Crippen LogP contribution in [-0.2, 0) is 6.61 Å². The number of ether oxygens (including phenoxy) is 1. The van der Waals surface area contributed by atoms with Gasteiger partial charge >= 0.3 is 0 Å². The lowest BCUT2D eigenvalue weighted by atomic mass is 10.0. The molecule has 158 valence electrons. The zero-order valence-corrected chi connectivity index (χ0v) is 18.0. The first-order valence-electron chi connectivity index (χ1n) is 10.9. The van der Waals surface area contributed by atoms with Gasteiger partial charge in [0.25, 0.3) is 0 Å². The van der Waals surface area contributed by atoms with Gasteiger partial charge in [-0.3, -0.25) is 9.97 Å². The molecule has 32 heavy (non-hydrogen) atoms. The van der Waals surface area contributed by atoms with Gasteiger partial charge in [0.05, 0.1) is 17.1 Å². The minimum Gasteiger partial charge on any atom is -0.489 e. The Balaban J connectivity index is 1.36. The van der Waals surface area contributed by atoms with Crippen LogP contribution >= 0.6 is 0 Å². The lowest BCUT2D eigenvalue weighted by molar-refractivity contribution is 0.306. The number of fused-ring (bicyclic) bond motifs is 1. The van der Waals surface area contributed by atoms with Gasteiger partial charge in [-0.25, -0.2) is 0 Å². The van der Waals surface area contributed by atoms with Gasteiger partial charge in [-0.05, 0) is 61.4 Å². The van der Waals surface area contributed by atoms with Crippen LogP contribution in [0.3, 0.4) is 0 Å². The molecule has 1 saturated heterocycles. The molecule has 0 amide bonds. The number of aromatic nitrogens is 2. The summed E-state index contributed by atoms with van der Waals surface area (Å²) in [6, 6.07) is 24.1. The molecule has 5 nitrogen and oxygen atoms in total. The van der Waals surface area contributed by atoms with Crippen molar-refractivity contribution in [2.24, 2.45) is 0 Å². The monoisotopic (exact) mass is 420 g/mol. The highest BCUT2D eigenvalue weighted by molar-refractivity contribution is 5.93. The largest absolute Gasteiger partial charge is 0.489 e. The van der Waals surface area contributed by atoms with Crippen molar-refractivity contribution >= 4 is 16.6 Å². The highest BCUT2D eigenvalue weighted by Gasteiger charge is 2.26. The normalized spacial score (nSPS) is 15.6. The Morgan fingerprint density at radius 3 is 2.75 bits per heavy atom. The van der Waals surface area contributed by atoms with Gasteiger partial charge in [0, 0.05) is 53.7 Å². The van der Waals surface area contributed by atoms with Crippen LogP contribution in [0.2, 0.25) is 0 Å². The van der Waals surface area contributed by atoms with Crippen LogP contribution in [0.5, 0.6) is 5.75 Å². The van der Waals surface area contributed by atoms with Crippen molar-refractivity contribution in [2.75, 3.05) is 18.0 Å². The van der Waals surface area contributed by atoms with E-state index in [0.29, 0.717) is 18.1 Å². The van der Waals surface area contributed by atoms with E-state index in [-0.39, 0.29) is 0 Å². The number of nitrogens with zero attached hydrogens (tertiary/aromatic N) is 4. The van der Waals surface area contributed by atoms with Crippen LogP contribution in [-0.4, -0.2) is 23.1 Å². The van der Waals surface area contributed by atoms with Gasteiger partial charge < -0.3 is 9.64 Å². The van der Waals surface area contributed by atoms with E-state index in [4.69, 9.17) is 15.0 Å². The summed E-state index contributed by atoms with van der Waals surface area (Å²) in [5, 5.41) is 10.1. The maximum absolute atomic E-state index is 8.94. The first kappa shape index (κ1) is 20.0. The summed E-state index contributed by atoms with van der Waals surface area (Å²) in [6.45, 7) is 4.47. The standard InChI is InChI=1S/C27H24N4O/c1-19-14-27(31-13-11-22(17-31)25-4-2-3-12-29-25)24-10-9-23(15-26(24)30-19)32-18-21-7-5-20(16-28)6-8-21/h2-10,12,14-15,22H,11,13,17-18H2,1H3. The average Bonchev–Trinajstić information content (AvgIpc) is 3.33. The topological polar surface area (TPSA) is 62.0 Å². The first-order chi connectivity index (χ1) is 15.7. The molecule has 1 aliphatic rings. The predicted octanol–water partition coefficient (Wildman–Crippen LogP) is 5.38. The van der Waals surface area contributed by atoms with E-state index in [1.807, 2.05) is 55.6 Å². The van der Waals surface area contributed by atoms with E-state index in [2.05, 4.69) is 40.2 Å². The Morgan fingerprint density at radius 1 is 1.09 bits per heavy atom. The molecule has 0 N–H and O–H groups in total. The van der Waals surface area contributed by atoms with E-state index in [1.54, 1.807) is 0 Å². The second kappa shape index (κ2) is 8.68. The van der Waals surface area contributed by atoms with Gasteiger partial charge in [-0.15, -0.1) is 0 Å². The minimum atomic E-state index is 0.452. The molecule has 0 spiro atoms. The number of rotatable bonds is 5. The summed E-state index contributed by atoms with van der Waals surface area (Å²) in [4.78, 5) is 11.8.